The lowest BCUT2D eigenvalue weighted by atomic mass is 10.4. The Morgan fingerprint density at radius 2 is 1.72 bits per heavy atom. The third-order valence-electron chi connectivity index (χ3n) is 3.42. The van der Waals surface area contributed by atoms with Crippen LogP contribution in [-0.2, 0) is 13.3 Å². The number of hydrogen-bond donors (Lipinski definition) is 0. The molecule has 0 saturated carbocycles. The Labute approximate surface area is 115 Å². The fourth-order valence-electron chi connectivity index (χ4n) is 2.21. The first-order valence-corrected chi connectivity index (χ1v) is 9.64. The van der Waals surface area contributed by atoms with Crippen molar-refractivity contribution in [1.29, 1.82) is 0 Å². The Bertz CT molecular complexity index is 244. The molecule has 5 nitrogen and oxygen atoms in total. The Balaban J connectivity index is 1.89. The van der Waals surface area contributed by atoms with Crippen molar-refractivity contribution in [2.24, 2.45) is 0 Å². The van der Waals surface area contributed by atoms with Gasteiger partial charge >= 0.3 is 8.80 Å². The number of likely N-dealkylation sites (N-methyl/N-ethyl adjacent to an activating group) is 1. The summed E-state index contributed by atoms with van der Waals surface area (Å²) in [5.74, 6) is 2.09. The van der Waals surface area contributed by atoms with Crippen molar-refractivity contribution < 1.29 is 13.3 Å². The molecule has 2 aliphatic heterocycles. The minimum atomic E-state index is -2.45. The lowest BCUT2D eigenvalue weighted by molar-refractivity contribution is 0.0613. The van der Waals surface area contributed by atoms with Gasteiger partial charge < -0.3 is 18.2 Å². The molecule has 0 aromatic rings. The molecule has 7 heteroatoms. The molecule has 0 unspecified atom stereocenters. The van der Waals surface area contributed by atoms with Crippen LogP contribution >= 0.6 is 11.8 Å². The fourth-order valence-corrected chi connectivity index (χ4v) is 5.43. The lowest BCUT2D eigenvalue weighted by Gasteiger charge is -2.37. The first-order valence-electron chi connectivity index (χ1n) is 6.56. The molecule has 0 aromatic heterocycles. The van der Waals surface area contributed by atoms with Crippen LogP contribution in [0.5, 0.6) is 0 Å². The second-order valence-electron chi connectivity index (χ2n) is 4.78. The molecule has 0 radical (unpaired) electrons. The molecule has 2 heterocycles. The maximum Gasteiger partial charge on any atom is 0.515 e. The molecular formula is C11H24N2O3SSi. The van der Waals surface area contributed by atoms with Crippen molar-refractivity contribution in [3.63, 3.8) is 0 Å². The average Bonchev–Trinajstić information content (AvgIpc) is 2.36. The van der Waals surface area contributed by atoms with Crippen LogP contribution in [0, 0.1) is 0 Å². The third kappa shape index (κ3) is 4.19. The van der Waals surface area contributed by atoms with Crippen LogP contribution in [0.15, 0.2) is 0 Å². The molecule has 0 amide bonds. The van der Waals surface area contributed by atoms with E-state index in [4.69, 9.17) is 13.3 Å². The van der Waals surface area contributed by atoms with Gasteiger partial charge in [-0.3, -0.25) is 4.90 Å². The van der Waals surface area contributed by atoms with Gasteiger partial charge in [0.1, 0.15) is 0 Å². The van der Waals surface area contributed by atoms with E-state index in [1.165, 1.54) is 0 Å². The average molecular weight is 292 g/mol. The predicted molar refractivity (Wildman–Crippen MR) is 75.9 cm³/mol. The molecule has 18 heavy (non-hydrogen) atoms. The topological polar surface area (TPSA) is 34.2 Å². The minimum Gasteiger partial charge on any atom is -0.376 e. The van der Waals surface area contributed by atoms with Gasteiger partial charge in [-0.25, -0.2) is 0 Å². The van der Waals surface area contributed by atoms with E-state index in [2.05, 4.69) is 16.8 Å². The van der Waals surface area contributed by atoms with Gasteiger partial charge in [-0.15, -0.1) is 0 Å². The molecular weight excluding hydrogens is 268 g/mol. The molecule has 0 aromatic carbocycles. The zero-order chi connectivity index (χ0) is 12.8. The first kappa shape index (κ1) is 14.8. The van der Waals surface area contributed by atoms with Crippen molar-refractivity contribution in [1.82, 2.24) is 9.80 Å². The van der Waals surface area contributed by atoms with Gasteiger partial charge in [-0.2, -0.15) is 11.8 Å². The van der Waals surface area contributed by atoms with E-state index < -0.39 is 8.80 Å². The van der Waals surface area contributed by atoms with E-state index in [0.29, 0.717) is 0 Å². The van der Waals surface area contributed by atoms with Gasteiger partial charge in [0.25, 0.3) is 0 Å². The smallest absolute Gasteiger partial charge is 0.376 e. The van der Waals surface area contributed by atoms with Crippen molar-refractivity contribution in [3.05, 3.63) is 0 Å². The Morgan fingerprint density at radius 3 is 2.28 bits per heavy atom. The van der Waals surface area contributed by atoms with Crippen LogP contribution in [0.25, 0.3) is 0 Å². The van der Waals surface area contributed by atoms with E-state index in [1.54, 1.807) is 7.11 Å². The van der Waals surface area contributed by atoms with Crippen molar-refractivity contribution >= 4 is 20.6 Å². The van der Waals surface area contributed by atoms with Crippen LogP contribution in [0.2, 0.25) is 0 Å². The van der Waals surface area contributed by atoms with Gasteiger partial charge in [-0.05, 0) is 7.05 Å². The maximum atomic E-state index is 5.97. The van der Waals surface area contributed by atoms with Crippen LogP contribution in [0.1, 0.15) is 0 Å². The number of thioether (sulfide) groups is 1. The number of piperazine rings is 1. The van der Waals surface area contributed by atoms with Gasteiger partial charge in [0, 0.05) is 58.0 Å². The molecule has 0 aliphatic carbocycles. The molecule has 106 valence electrons. The summed E-state index contributed by atoms with van der Waals surface area (Å²) in [4.78, 5) is 4.78. The molecule has 2 aliphatic rings. The molecule has 0 N–H and O–H groups in total. The van der Waals surface area contributed by atoms with Crippen LogP contribution in [0.4, 0.5) is 0 Å². The highest BCUT2D eigenvalue weighted by molar-refractivity contribution is 7.99. The Hall–Kier alpha value is 0.367. The molecule has 0 atom stereocenters. The highest BCUT2D eigenvalue weighted by atomic mass is 32.2. The van der Waals surface area contributed by atoms with E-state index >= 15 is 0 Å². The molecule has 2 fully saturated rings. The molecule has 0 bridgehead atoms. The number of hydrogen-bond acceptors (Lipinski definition) is 6. The van der Waals surface area contributed by atoms with Gasteiger partial charge in [0.2, 0.25) is 0 Å². The predicted octanol–water partition coefficient (Wildman–Crippen LogP) is 0.138. The van der Waals surface area contributed by atoms with E-state index in [1.807, 2.05) is 11.8 Å². The monoisotopic (exact) mass is 292 g/mol. The summed E-state index contributed by atoms with van der Waals surface area (Å²) < 4.78 is 17.6. The van der Waals surface area contributed by atoms with Crippen LogP contribution < -0.4 is 0 Å². The largest absolute Gasteiger partial charge is 0.515 e. The molecule has 2 saturated heterocycles. The van der Waals surface area contributed by atoms with E-state index in [0.717, 1.165) is 57.1 Å². The van der Waals surface area contributed by atoms with E-state index in [-0.39, 0.29) is 0 Å². The molecule has 2 rings (SSSR count). The van der Waals surface area contributed by atoms with E-state index in [9.17, 15) is 0 Å². The second kappa shape index (κ2) is 7.23. The van der Waals surface area contributed by atoms with Gasteiger partial charge in [0.05, 0.1) is 6.17 Å². The minimum absolute atomic E-state index is 0.748. The normalized spacial score (nSPS) is 27.7. The summed E-state index contributed by atoms with van der Waals surface area (Å²) in [7, 11) is 1.45. The Morgan fingerprint density at radius 1 is 1.11 bits per heavy atom. The summed E-state index contributed by atoms with van der Waals surface area (Å²) in [5, 5.41) is 0. The van der Waals surface area contributed by atoms with Crippen molar-refractivity contribution in [2.45, 2.75) is 0 Å². The maximum absolute atomic E-state index is 5.97. The lowest BCUT2D eigenvalue weighted by Crippen LogP contribution is -2.58. The van der Waals surface area contributed by atoms with Gasteiger partial charge in [-0.1, -0.05) is 0 Å². The molecule has 0 spiro atoms. The summed E-state index contributed by atoms with van der Waals surface area (Å²) in [6.45, 7) is 5.89. The van der Waals surface area contributed by atoms with Crippen molar-refractivity contribution in [2.75, 3.05) is 71.2 Å². The summed E-state index contributed by atoms with van der Waals surface area (Å²) in [6, 6.07) is 0. The fraction of sp³-hybridized carbons (Fsp3) is 1.00. The number of nitrogens with zero attached hydrogens (tertiary/aromatic N) is 2. The quantitative estimate of drug-likeness (QED) is 0.688. The standard InChI is InChI=1S/C11H24N2O3SSi/c1-12-3-5-13(6-4-12)11-18(14-2)15-7-9-17-10-8-16-18/h3-11H2,1-2H3. The SMILES string of the molecule is CO[Si]1(CN2CCN(C)CC2)OCCSCCO1. The highest BCUT2D eigenvalue weighted by Crippen LogP contribution is 2.16. The highest BCUT2D eigenvalue weighted by Gasteiger charge is 2.43. The number of rotatable bonds is 3. The summed E-state index contributed by atoms with van der Waals surface area (Å²) >= 11 is 1.88. The first-order chi connectivity index (χ1) is 8.74. The van der Waals surface area contributed by atoms with Crippen LogP contribution in [-0.4, -0.2) is 89.8 Å². The van der Waals surface area contributed by atoms with Crippen LogP contribution in [0.3, 0.4) is 0 Å². The Kier molecular flexibility index (Phi) is 5.93. The zero-order valence-electron chi connectivity index (χ0n) is 11.4. The summed E-state index contributed by atoms with van der Waals surface area (Å²) in [6.07, 6.45) is 0.835. The van der Waals surface area contributed by atoms with Crippen molar-refractivity contribution in [3.8, 4) is 0 Å². The zero-order valence-corrected chi connectivity index (χ0v) is 13.2. The summed E-state index contributed by atoms with van der Waals surface area (Å²) in [5.41, 5.74) is 0. The van der Waals surface area contributed by atoms with Gasteiger partial charge in [0.15, 0.2) is 0 Å². The second-order valence-corrected chi connectivity index (χ2v) is 8.67. The third-order valence-corrected chi connectivity index (χ3v) is 7.08.